The Labute approximate surface area is 592 Å². The Kier molecular flexibility index (Phi) is 30.7. The van der Waals surface area contributed by atoms with Crippen LogP contribution in [0.15, 0.2) is 90.2 Å². The van der Waals surface area contributed by atoms with Gasteiger partial charge in [-0.05, 0) is 133 Å². The Balaban J connectivity index is 1.68. The molecule has 0 aromatic heterocycles. The first-order valence-corrected chi connectivity index (χ1v) is 44.4. The van der Waals surface area contributed by atoms with Crippen molar-refractivity contribution in [1.82, 2.24) is 0 Å². The van der Waals surface area contributed by atoms with Crippen molar-refractivity contribution in [1.29, 1.82) is 0 Å². The molecule has 5 aliphatic heterocycles. The number of hydrogen-bond acceptors (Lipinski definition) is 18. The van der Waals surface area contributed by atoms with Gasteiger partial charge in [-0.1, -0.05) is 166 Å². The third kappa shape index (κ3) is 24.9. The van der Waals surface area contributed by atoms with E-state index < -0.39 is 134 Å². The third-order valence-corrected chi connectivity index (χ3v) is 34.5. The average molecular weight is 1430 g/mol. The second kappa shape index (κ2) is 35.5. The molecule has 4 fully saturated rings. The van der Waals surface area contributed by atoms with Crippen molar-refractivity contribution in [2.45, 2.75) is 340 Å². The molecule has 0 spiro atoms. The van der Waals surface area contributed by atoms with E-state index in [2.05, 4.69) is 132 Å². The molecule has 5 aliphatic rings. The average Bonchev–Trinajstić information content (AvgIpc) is 0.761. The number of methoxy groups -OCH3 is 2. The van der Waals surface area contributed by atoms with Crippen LogP contribution in [0.2, 0.25) is 54.4 Å². The number of rotatable bonds is 12. The molecular formula is C75H127N3O17Si3. The monoisotopic (exact) mass is 1430 g/mol. The number of esters is 3. The molecule has 0 saturated carbocycles. The van der Waals surface area contributed by atoms with Crippen LogP contribution < -0.4 is 0 Å². The zero-order valence-electron chi connectivity index (χ0n) is 64.5. The molecule has 0 aliphatic carbocycles. The van der Waals surface area contributed by atoms with Gasteiger partial charge in [-0.15, -0.1) is 0 Å². The first-order chi connectivity index (χ1) is 45.3. The molecular weight excluding hydrogens is 1300 g/mol. The van der Waals surface area contributed by atoms with Gasteiger partial charge < -0.3 is 65.4 Å². The summed E-state index contributed by atoms with van der Waals surface area (Å²) in [6.07, 6.45) is 21.0. The van der Waals surface area contributed by atoms with Gasteiger partial charge >= 0.3 is 17.9 Å². The van der Waals surface area contributed by atoms with Gasteiger partial charge in [0.2, 0.25) is 0 Å². The SMILES string of the molecule is COC(=O)[C@H]1[C@@H]2C[C@@H](O[C@@H]3O[C@H](C)[C@@H](O[Si](C)(C)C(C)(C)C)[C@H](N=[N+]=[N-])[C@H]3OC(C)=O)C=CC=CC=CC=CC=CC=CC=C[C@H](C)C[C@@H](C)[C@H](C)OC(=O)C[C@H]3C[C@@H](CC[C@@H](O[Si](C)(C)C(C)(C)C)[C@H]4C[C@@H](C[C@](OC)(C[C@@H]1O[Si](C)(C)C(C)(C)C)O2)OC(C)(C)O4)OC(C)(C)O3. The predicted octanol–water partition coefficient (Wildman–Crippen LogP) is 17.1. The lowest BCUT2D eigenvalue weighted by atomic mass is 9.82. The van der Waals surface area contributed by atoms with Gasteiger partial charge in [0, 0.05) is 51.0 Å². The van der Waals surface area contributed by atoms with Crippen LogP contribution in [0.25, 0.3) is 10.4 Å². The van der Waals surface area contributed by atoms with E-state index in [0.29, 0.717) is 25.7 Å². The zero-order valence-corrected chi connectivity index (χ0v) is 67.5. The minimum absolute atomic E-state index is 0.00545. The van der Waals surface area contributed by atoms with E-state index in [-0.39, 0.29) is 70.8 Å². The maximum Gasteiger partial charge on any atom is 0.313 e. The second-order valence-corrected chi connectivity index (χ2v) is 47.6. The number of fused-ring (bicyclic) bond motifs is 6. The summed E-state index contributed by atoms with van der Waals surface area (Å²) in [6, 6.07) is -1.06. The van der Waals surface area contributed by atoms with Crippen molar-refractivity contribution < 1.29 is 79.8 Å². The van der Waals surface area contributed by atoms with Gasteiger partial charge in [0.25, 0.3) is 0 Å². The zero-order chi connectivity index (χ0) is 73.6. The summed E-state index contributed by atoms with van der Waals surface area (Å²) < 4.78 is 94.9. The van der Waals surface area contributed by atoms with Gasteiger partial charge in [-0.3, -0.25) is 14.4 Å². The van der Waals surface area contributed by atoms with Crippen LogP contribution in [0.5, 0.6) is 0 Å². The molecule has 0 aromatic rings. The van der Waals surface area contributed by atoms with Crippen molar-refractivity contribution in [2.24, 2.45) is 22.9 Å². The molecule has 98 heavy (non-hydrogen) atoms. The van der Waals surface area contributed by atoms with Crippen molar-refractivity contribution >= 4 is 42.9 Å². The Bertz CT molecular complexity index is 2860. The molecule has 0 aromatic carbocycles. The Morgan fingerprint density at radius 1 is 0.592 bits per heavy atom. The molecule has 5 heterocycles. The molecule has 23 heteroatoms. The van der Waals surface area contributed by atoms with E-state index in [4.69, 9.17) is 65.4 Å². The number of carbonyl (C=O) groups is 3. The van der Waals surface area contributed by atoms with E-state index in [0.717, 1.165) is 6.42 Å². The first kappa shape index (κ1) is 84.8. The number of nitrogens with zero attached hydrogens (tertiary/aromatic N) is 3. The van der Waals surface area contributed by atoms with Gasteiger partial charge in [-0.2, -0.15) is 0 Å². The molecule has 5 rings (SSSR count). The smallest absolute Gasteiger partial charge is 0.313 e. The maximum absolute atomic E-state index is 14.8. The topological polar surface area (TPSA) is 229 Å². The summed E-state index contributed by atoms with van der Waals surface area (Å²) in [4.78, 5) is 45.1. The summed E-state index contributed by atoms with van der Waals surface area (Å²) >= 11 is 0. The van der Waals surface area contributed by atoms with Crippen LogP contribution in [-0.2, 0) is 79.8 Å². The highest BCUT2D eigenvalue weighted by Crippen LogP contribution is 2.49. The van der Waals surface area contributed by atoms with Crippen molar-refractivity contribution in [3.63, 3.8) is 0 Å². The molecule has 0 N–H and O–H groups in total. The van der Waals surface area contributed by atoms with E-state index in [9.17, 15) is 19.9 Å². The quantitative estimate of drug-likeness (QED) is 0.0442. The van der Waals surface area contributed by atoms with E-state index in [1.54, 1.807) is 7.11 Å². The fourth-order valence-corrected chi connectivity index (χ4v) is 16.8. The molecule has 20 nitrogen and oxygen atoms in total. The summed E-state index contributed by atoms with van der Waals surface area (Å²) in [5.74, 6) is -5.68. The van der Waals surface area contributed by atoms with Gasteiger partial charge in [0.1, 0.15) is 18.1 Å². The van der Waals surface area contributed by atoms with Crippen molar-refractivity contribution in [3.05, 3.63) is 95.5 Å². The van der Waals surface area contributed by atoms with Crippen LogP contribution in [-0.4, -0.2) is 160 Å². The van der Waals surface area contributed by atoms with Gasteiger partial charge in [-0.25, -0.2) is 0 Å². The van der Waals surface area contributed by atoms with Crippen LogP contribution in [0.3, 0.4) is 0 Å². The minimum Gasteiger partial charge on any atom is -0.469 e. The third-order valence-electron chi connectivity index (χ3n) is 21.1. The molecule has 0 amide bonds. The van der Waals surface area contributed by atoms with Gasteiger partial charge in [0.05, 0.1) is 74.6 Å². The lowest BCUT2D eigenvalue weighted by Gasteiger charge is -2.52. The highest BCUT2D eigenvalue weighted by Gasteiger charge is 2.58. The lowest BCUT2D eigenvalue weighted by Crippen LogP contribution is -2.62. The van der Waals surface area contributed by atoms with Crippen LogP contribution in [0.1, 0.15) is 182 Å². The molecule has 6 bridgehead atoms. The highest BCUT2D eigenvalue weighted by molar-refractivity contribution is 6.75. The fourth-order valence-electron chi connectivity index (χ4n) is 12.7. The summed E-state index contributed by atoms with van der Waals surface area (Å²) in [5, 5.41) is 3.59. The Hall–Kier alpha value is -3.89. The molecule has 556 valence electrons. The molecule has 0 unspecified atom stereocenters. The normalized spacial score (nSPS) is 34.2. The van der Waals surface area contributed by atoms with E-state index in [1.807, 2.05) is 121 Å². The molecule has 4 saturated heterocycles. The summed E-state index contributed by atoms with van der Waals surface area (Å²) in [6.45, 7) is 49.5. The lowest BCUT2D eigenvalue weighted by molar-refractivity contribution is -0.348. The van der Waals surface area contributed by atoms with Crippen LogP contribution >= 0.6 is 0 Å². The van der Waals surface area contributed by atoms with E-state index >= 15 is 0 Å². The number of allylic oxidation sites excluding steroid dienone is 13. The highest BCUT2D eigenvalue weighted by atomic mass is 28.4. The van der Waals surface area contributed by atoms with Gasteiger partial charge in [0.15, 0.2) is 54.7 Å². The largest absolute Gasteiger partial charge is 0.469 e. The Morgan fingerprint density at radius 2 is 1.10 bits per heavy atom. The first-order valence-electron chi connectivity index (χ1n) is 35.7. The number of ether oxygens (including phenoxy) is 11. The van der Waals surface area contributed by atoms with Crippen molar-refractivity contribution in [2.75, 3.05) is 14.2 Å². The minimum atomic E-state index is -2.72. The fraction of sp³-hybridized carbons (Fsp3) is 0.773. The van der Waals surface area contributed by atoms with Crippen LogP contribution in [0.4, 0.5) is 0 Å². The summed E-state index contributed by atoms with van der Waals surface area (Å²) in [7, 11) is -4.81. The van der Waals surface area contributed by atoms with Crippen LogP contribution in [0, 0.1) is 17.8 Å². The van der Waals surface area contributed by atoms with E-state index in [1.165, 1.54) is 14.0 Å². The predicted molar refractivity (Wildman–Crippen MR) is 391 cm³/mol. The number of carbonyl (C=O) groups excluding carboxylic acids is 3. The number of azide groups is 1. The maximum atomic E-state index is 14.8. The molecule has 18 atom stereocenters. The summed E-state index contributed by atoms with van der Waals surface area (Å²) in [5.41, 5.74) is 10.2. The Morgan fingerprint density at radius 3 is 1.63 bits per heavy atom. The second-order valence-electron chi connectivity index (χ2n) is 33.3. The number of cyclic esters (lactones) is 1. The molecule has 0 radical (unpaired) electrons. The van der Waals surface area contributed by atoms with Crippen molar-refractivity contribution in [3.8, 4) is 0 Å². The number of hydrogen-bond donors (Lipinski definition) is 0. The standard InChI is InChI=1S/C75H127N3O17Si3/c1-50-39-37-35-33-31-29-27-28-30-32-34-36-38-40-55(87-69-67(86-54(5)79)65(77-78-76)66(53(4)85-69)95-98(25,26)72(12,13)14)45-61-64(68(81)82-19)62(94-97(23,24)71(9,10)11)49-75(83-20,92-61)48-58-46-60(91-74(17,18)90-58)59(93-96(21,22)70(6,7)8)42-41-56-44-57(89-73(15,16)88-56)47-63(80)84-52(3)51(2)43-50/h27-40,50-53,55-62,64-67,69H,41-49H2,1-26H3/t50-,51+,52-,53+,55-,56+,57+,58-,59+,60+,61-,62-,64-,65-,66+,67+,69-,75+/m0/s1.